The van der Waals surface area contributed by atoms with Crippen LogP contribution in [-0.2, 0) is 6.42 Å². The van der Waals surface area contributed by atoms with E-state index >= 15 is 0 Å². The van der Waals surface area contributed by atoms with Gasteiger partial charge in [0, 0.05) is 11.7 Å². The third-order valence-electron chi connectivity index (χ3n) is 4.25. The molecule has 1 aromatic rings. The second-order valence-electron chi connectivity index (χ2n) is 5.99. The maximum absolute atomic E-state index is 3.72. The van der Waals surface area contributed by atoms with Gasteiger partial charge in [0.25, 0.3) is 0 Å². The average molecular weight is 259 g/mol. The van der Waals surface area contributed by atoms with Gasteiger partial charge in [0.15, 0.2) is 0 Å². The quantitative estimate of drug-likeness (QED) is 0.521. The number of nitrogens with one attached hydrogen (secondary N) is 1. The lowest BCUT2D eigenvalue weighted by Gasteiger charge is -2.17. The highest BCUT2D eigenvalue weighted by molar-refractivity contribution is 5.45. The molecule has 1 aliphatic rings. The second-order valence-corrected chi connectivity index (χ2v) is 5.99. The van der Waals surface area contributed by atoms with Crippen molar-refractivity contribution in [2.75, 3.05) is 5.32 Å². The fourth-order valence-corrected chi connectivity index (χ4v) is 3.01. The third-order valence-corrected chi connectivity index (χ3v) is 4.25. The van der Waals surface area contributed by atoms with Crippen molar-refractivity contribution in [1.29, 1.82) is 0 Å². The van der Waals surface area contributed by atoms with Gasteiger partial charge in [-0.15, -0.1) is 0 Å². The third kappa shape index (κ3) is 5.26. The average Bonchev–Trinajstić information content (AvgIpc) is 2.70. The Labute approximate surface area is 118 Å². The van der Waals surface area contributed by atoms with Gasteiger partial charge in [0.1, 0.15) is 0 Å². The number of benzene rings is 1. The Morgan fingerprint density at radius 3 is 2.26 bits per heavy atom. The van der Waals surface area contributed by atoms with E-state index in [1.54, 1.807) is 0 Å². The van der Waals surface area contributed by atoms with Crippen LogP contribution in [0.25, 0.3) is 0 Å². The van der Waals surface area contributed by atoms with Crippen LogP contribution in [0.15, 0.2) is 24.3 Å². The minimum Gasteiger partial charge on any atom is -0.382 e. The first-order chi connectivity index (χ1) is 9.38. The van der Waals surface area contributed by atoms with Crippen LogP contribution in [0.4, 0.5) is 5.69 Å². The van der Waals surface area contributed by atoms with Crippen molar-refractivity contribution in [3.05, 3.63) is 29.8 Å². The lowest BCUT2D eigenvalue weighted by atomic mass is 10.1. The van der Waals surface area contributed by atoms with E-state index in [2.05, 4.69) is 36.5 Å². The SMILES string of the molecule is CCCCCc1ccc(NC2CCCCCC2)cc1. The van der Waals surface area contributed by atoms with Gasteiger partial charge in [0.2, 0.25) is 0 Å². The Bertz CT molecular complexity index is 333. The molecule has 0 amide bonds. The molecule has 1 aromatic carbocycles. The zero-order valence-corrected chi connectivity index (χ0v) is 12.5. The van der Waals surface area contributed by atoms with Crippen molar-refractivity contribution in [2.45, 2.75) is 77.2 Å². The standard InChI is InChI=1S/C18H29N/c1-2-3-6-9-16-12-14-18(15-13-16)19-17-10-7-4-5-8-11-17/h12-15,17,19H,2-11H2,1H3. The van der Waals surface area contributed by atoms with Crippen molar-refractivity contribution < 1.29 is 0 Å². The highest BCUT2D eigenvalue weighted by Crippen LogP contribution is 2.21. The van der Waals surface area contributed by atoms with Crippen LogP contribution in [0.2, 0.25) is 0 Å². The van der Waals surface area contributed by atoms with Gasteiger partial charge in [-0.2, -0.15) is 0 Å². The first kappa shape index (κ1) is 14.4. The van der Waals surface area contributed by atoms with E-state index in [1.165, 1.54) is 75.5 Å². The molecule has 0 heterocycles. The number of unbranched alkanes of at least 4 members (excludes halogenated alkanes) is 2. The first-order valence-corrected chi connectivity index (χ1v) is 8.24. The molecule has 0 saturated heterocycles. The predicted molar refractivity (Wildman–Crippen MR) is 84.8 cm³/mol. The number of hydrogen-bond donors (Lipinski definition) is 1. The summed E-state index contributed by atoms with van der Waals surface area (Å²) in [6.45, 7) is 2.26. The summed E-state index contributed by atoms with van der Waals surface area (Å²) in [5.41, 5.74) is 2.80. The fourth-order valence-electron chi connectivity index (χ4n) is 3.01. The molecular weight excluding hydrogens is 230 g/mol. The van der Waals surface area contributed by atoms with Crippen molar-refractivity contribution in [3.63, 3.8) is 0 Å². The summed E-state index contributed by atoms with van der Waals surface area (Å²) >= 11 is 0. The molecule has 0 aromatic heterocycles. The Morgan fingerprint density at radius 1 is 0.947 bits per heavy atom. The summed E-state index contributed by atoms with van der Waals surface area (Å²) in [4.78, 5) is 0. The molecule has 0 spiro atoms. The smallest absolute Gasteiger partial charge is 0.0342 e. The Balaban J connectivity index is 1.80. The lowest BCUT2D eigenvalue weighted by Crippen LogP contribution is -2.18. The van der Waals surface area contributed by atoms with Gasteiger partial charge in [-0.1, -0.05) is 57.6 Å². The summed E-state index contributed by atoms with van der Waals surface area (Å²) in [7, 11) is 0. The Morgan fingerprint density at radius 2 is 1.63 bits per heavy atom. The van der Waals surface area contributed by atoms with Gasteiger partial charge in [-0.3, -0.25) is 0 Å². The van der Waals surface area contributed by atoms with Crippen LogP contribution in [-0.4, -0.2) is 6.04 Å². The first-order valence-electron chi connectivity index (χ1n) is 8.24. The molecule has 1 N–H and O–H groups in total. The molecule has 19 heavy (non-hydrogen) atoms. The van der Waals surface area contributed by atoms with Gasteiger partial charge >= 0.3 is 0 Å². The van der Waals surface area contributed by atoms with Crippen LogP contribution < -0.4 is 5.32 Å². The maximum Gasteiger partial charge on any atom is 0.0342 e. The van der Waals surface area contributed by atoms with Crippen LogP contribution in [0.1, 0.15) is 70.3 Å². The maximum atomic E-state index is 3.72. The molecule has 1 nitrogen and oxygen atoms in total. The van der Waals surface area contributed by atoms with E-state index in [1.807, 2.05) is 0 Å². The molecule has 1 saturated carbocycles. The summed E-state index contributed by atoms with van der Waals surface area (Å²) in [6.07, 6.45) is 13.5. The summed E-state index contributed by atoms with van der Waals surface area (Å²) in [5.74, 6) is 0. The van der Waals surface area contributed by atoms with E-state index in [-0.39, 0.29) is 0 Å². The number of aryl methyl sites for hydroxylation is 1. The van der Waals surface area contributed by atoms with Gasteiger partial charge in [-0.05, 0) is 43.4 Å². The number of hydrogen-bond acceptors (Lipinski definition) is 1. The second kappa shape index (κ2) is 8.24. The Kier molecular flexibility index (Phi) is 6.26. The van der Waals surface area contributed by atoms with Crippen LogP contribution in [0, 0.1) is 0 Å². The van der Waals surface area contributed by atoms with E-state index in [0.29, 0.717) is 6.04 Å². The van der Waals surface area contributed by atoms with Crippen LogP contribution in [0.5, 0.6) is 0 Å². The molecule has 0 aliphatic heterocycles. The van der Waals surface area contributed by atoms with E-state index in [0.717, 1.165) is 0 Å². The van der Waals surface area contributed by atoms with Gasteiger partial charge < -0.3 is 5.32 Å². The molecule has 0 atom stereocenters. The van der Waals surface area contributed by atoms with Gasteiger partial charge in [-0.25, -0.2) is 0 Å². The van der Waals surface area contributed by atoms with Crippen LogP contribution in [0.3, 0.4) is 0 Å². The molecule has 1 aliphatic carbocycles. The zero-order chi connectivity index (χ0) is 13.3. The van der Waals surface area contributed by atoms with E-state index in [4.69, 9.17) is 0 Å². The van der Waals surface area contributed by atoms with Crippen molar-refractivity contribution in [3.8, 4) is 0 Å². The summed E-state index contributed by atoms with van der Waals surface area (Å²) in [5, 5.41) is 3.72. The zero-order valence-electron chi connectivity index (χ0n) is 12.5. The highest BCUT2D eigenvalue weighted by atomic mass is 14.9. The van der Waals surface area contributed by atoms with Crippen molar-refractivity contribution in [1.82, 2.24) is 0 Å². The summed E-state index contributed by atoms with van der Waals surface area (Å²) < 4.78 is 0. The molecule has 106 valence electrons. The van der Waals surface area contributed by atoms with E-state index < -0.39 is 0 Å². The fraction of sp³-hybridized carbons (Fsp3) is 0.667. The predicted octanol–water partition coefficient (Wildman–Crippen LogP) is 5.55. The highest BCUT2D eigenvalue weighted by Gasteiger charge is 2.11. The topological polar surface area (TPSA) is 12.0 Å². The van der Waals surface area contributed by atoms with Crippen LogP contribution >= 0.6 is 0 Å². The molecule has 0 bridgehead atoms. The van der Waals surface area contributed by atoms with E-state index in [9.17, 15) is 0 Å². The largest absolute Gasteiger partial charge is 0.382 e. The van der Waals surface area contributed by atoms with Gasteiger partial charge in [0.05, 0.1) is 0 Å². The number of rotatable bonds is 6. The molecule has 0 radical (unpaired) electrons. The van der Waals surface area contributed by atoms with Crippen molar-refractivity contribution in [2.24, 2.45) is 0 Å². The molecule has 1 fully saturated rings. The normalized spacial score (nSPS) is 17.1. The molecule has 0 unspecified atom stereocenters. The lowest BCUT2D eigenvalue weighted by molar-refractivity contribution is 0.620. The van der Waals surface area contributed by atoms with Crippen molar-refractivity contribution >= 4 is 5.69 Å². The molecule has 2 rings (SSSR count). The Hall–Kier alpha value is -0.980. The molecular formula is C18H29N. The monoisotopic (exact) mass is 259 g/mol. The number of anilines is 1. The minimum absolute atomic E-state index is 0.702. The summed E-state index contributed by atoms with van der Waals surface area (Å²) in [6, 6.07) is 9.84. The minimum atomic E-state index is 0.702. The molecule has 1 heteroatoms.